The molecular formula is C18H26F3N5. The Balaban J connectivity index is 1.95. The predicted molar refractivity (Wildman–Crippen MR) is 94.5 cm³/mol. The van der Waals surface area contributed by atoms with Crippen LogP contribution in [0.25, 0.3) is 0 Å². The number of benzene rings is 1. The van der Waals surface area contributed by atoms with Gasteiger partial charge in [-0.2, -0.15) is 13.2 Å². The predicted octanol–water partition coefficient (Wildman–Crippen LogP) is 2.40. The van der Waals surface area contributed by atoms with Crippen LogP contribution in [-0.2, 0) is 11.7 Å². The van der Waals surface area contributed by atoms with Crippen molar-refractivity contribution in [3.63, 3.8) is 0 Å². The summed E-state index contributed by atoms with van der Waals surface area (Å²) >= 11 is 0. The minimum absolute atomic E-state index is 0.0703. The van der Waals surface area contributed by atoms with E-state index in [4.69, 9.17) is 0 Å². The number of piperidine rings is 1. The van der Waals surface area contributed by atoms with Crippen molar-refractivity contribution >= 4 is 0 Å². The minimum atomic E-state index is -4.32. The zero-order valence-corrected chi connectivity index (χ0v) is 15.5. The van der Waals surface area contributed by atoms with E-state index in [0.717, 1.165) is 24.1 Å². The van der Waals surface area contributed by atoms with E-state index in [9.17, 15) is 13.2 Å². The Morgan fingerprint density at radius 2 is 1.81 bits per heavy atom. The van der Waals surface area contributed by atoms with Gasteiger partial charge in [0.05, 0.1) is 17.3 Å². The molecule has 26 heavy (non-hydrogen) atoms. The Kier molecular flexibility index (Phi) is 4.94. The lowest BCUT2D eigenvalue weighted by Crippen LogP contribution is -2.58. The third-order valence-electron chi connectivity index (χ3n) is 5.36. The van der Waals surface area contributed by atoms with Crippen LogP contribution < -0.4 is 16.3 Å². The lowest BCUT2D eigenvalue weighted by atomic mass is 9.74. The van der Waals surface area contributed by atoms with Crippen LogP contribution in [0.4, 0.5) is 13.2 Å². The molecule has 1 fully saturated rings. The summed E-state index contributed by atoms with van der Waals surface area (Å²) in [7, 11) is 5.89. The standard InChI is InChI=1S/C18H26F3N5/c1-12-9-17(25(2)3,10-15(22-12)16-11-26(4)24-23-16)13-5-7-14(8-6-13)18(19,20)21/h5-8,11-12,15,22-24H,9-10H2,1-4H3/t12-,15-,17-/m0/s1. The molecule has 144 valence electrons. The van der Waals surface area contributed by atoms with E-state index < -0.39 is 11.7 Å². The number of rotatable bonds is 3. The Morgan fingerprint density at radius 1 is 1.15 bits per heavy atom. The molecule has 0 spiro atoms. The molecule has 8 heteroatoms. The molecule has 2 heterocycles. The first-order valence-electron chi connectivity index (χ1n) is 8.69. The third-order valence-corrected chi connectivity index (χ3v) is 5.36. The molecule has 0 radical (unpaired) electrons. The van der Waals surface area contributed by atoms with E-state index in [1.165, 1.54) is 12.1 Å². The second kappa shape index (κ2) is 6.75. The summed E-state index contributed by atoms with van der Waals surface area (Å²) in [5.41, 5.74) is 7.16. The summed E-state index contributed by atoms with van der Waals surface area (Å²) in [6.45, 7) is 2.11. The molecule has 0 bridgehead atoms. The van der Waals surface area contributed by atoms with Gasteiger partial charge in [-0.1, -0.05) is 12.1 Å². The van der Waals surface area contributed by atoms with Crippen molar-refractivity contribution in [2.24, 2.45) is 0 Å². The fourth-order valence-electron chi connectivity index (χ4n) is 4.02. The number of alkyl halides is 3. The summed E-state index contributed by atoms with van der Waals surface area (Å²) in [5, 5.41) is 5.43. The Bertz CT molecular complexity index is 670. The maximum atomic E-state index is 12.9. The molecule has 1 aromatic carbocycles. The van der Waals surface area contributed by atoms with Crippen LogP contribution in [0.5, 0.6) is 0 Å². The summed E-state index contributed by atoms with van der Waals surface area (Å²) < 4.78 is 38.8. The van der Waals surface area contributed by atoms with E-state index in [0.29, 0.717) is 0 Å². The highest BCUT2D eigenvalue weighted by atomic mass is 19.4. The van der Waals surface area contributed by atoms with E-state index in [1.807, 2.05) is 32.4 Å². The summed E-state index contributed by atoms with van der Waals surface area (Å²) in [4.78, 5) is 2.13. The minimum Gasteiger partial charge on any atom is -0.306 e. The second-order valence-electron chi connectivity index (χ2n) is 7.46. The number of nitrogens with zero attached hydrogens (tertiary/aromatic N) is 2. The van der Waals surface area contributed by atoms with Gasteiger partial charge in [0.2, 0.25) is 0 Å². The van der Waals surface area contributed by atoms with Crippen LogP contribution in [0, 0.1) is 0 Å². The molecule has 0 aromatic heterocycles. The van der Waals surface area contributed by atoms with Gasteiger partial charge in [-0.3, -0.25) is 9.91 Å². The summed E-state index contributed by atoms with van der Waals surface area (Å²) in [5.74, 6) is 0. The number of hydrogen-bond donors (Lipinski definition) is 3. The molecule has 3 N–H and O–H groups in total. The van der Waals surface area contributed by atoms with E-state index >= 15 is 0 Å². The fraction of sp³-hybridized carbons (Fsp3) is 0.556. The molecule has 1 aromatic rings. The van der Waals surface area contributed by atoms with E-state index in [-0.39, 0.29) is 17.6 Å². The van der Waals surface area contributed by atoms with E-state index in [1.54, 1.807) is 12.1 Å². The van der Waals surface area contributed by atoms with Gasteiger partial charge in [0.25, 0.3) is 0 Å². The van der Waals surface area contributed by atoms with Crippen molar-refractivity contribution in [1.82, 2.24) is 26.2 Å². The molecule has 2 aliphatic heterocycles. The molecule has 0 amide bonds. The second-order valence-corrected chi connectivity index (χ2v) is 7.46. The van der Waals surface area contributed by atoms with Crippen LogP contribution in [0.2, 0.25) is 0 Å². The monoisotopic (exact) mass is 369 g/mol. The first kappa shape index (κ1) is 19.0. The van der Waals surface area contributed by atoms with Crippen LogP contribution >= 0.6 is 0 Å². The molecule has 0 unspecified atom stereocenters. The summed E-state index contributed by atoms with van der Waals surface area (Å²) in [6.07, 6.45) is -0.756. The van der Waals surface area contributed by atoms with Crippen molar-refractivity contribution in [2.45, 2.75) is 43.6 Å². The van der Waals surface area contributed by atoms with Crippen molar-refractivity contribution in [3.05, 3.63) is 47.3 Å². The molecule has 2 aliphatic rings. The van der Waals surface area contributed by atoms with Gasteiger partial charge >= 0.3 is 6.18 Å². The lowest BCUT2D eigenvalue weighted by molar-refractivity contribution is -0.137. The van der Waals surface area contributed by atoms with Crippen LogP contribution in [0.1, 0.15) is 30.9 Å². The highest BCUT2D eigenvalue weighted by Gasteiger charge is 2.44. The first-order chi connectivity index (χ1) is 12.1. The quantitative estimate of drug-likeness (QED) is 0.764. The van der Waals surface area contributed by atoms with Crippen LogP contribution in [0.3, 0.4) is 0 Å². The van der Waals surface area contributed by atoms with Gasteiger partial charge in [-0.25, -0.2) is 0 Å². The molecule has 0 saturated carbocycles. The van der Waals surface area contributed by atoms with Crippen molar-refractivity contribution in [2.75, 3.05) is 21.1 Å². The van der Waals surface area contributed by atoms with Gasteiger partial charge in [-0.05, 0) is 51.6 Å². The maximum absolute atomic E-state index is 12.9. The average Bonchev–Trinajstić information content (AvgIpc) is 3.00. The Morgan fingerprint density at radius 3 is 2.31 bits per heavy atom. The van der Waals surface area contributed by atoms with Crippen molar-refractivity contribution < 1.29 is 13.2 Å². The Hall–Kier alpha value is -1.77. The average molecular weight is 369 g/mol. The number of nitrogens with one attached hydrogen (secondary N) is 3. The molecule has 0 aliphatic carbocycles. The number of halogens is 3. The van der Waals surface area contributed by atoms with Crippen LogP contribution in [-0.4, -0.2) is 43.1 Å². The van der Waals surface area contributed by atoms with Gasteiger partial charge in [-0.15, -0.1) is 5.53 Å². The molecule has 3 rings (SSSR count). The Labute approximate surface area is 152 Å². The topological polar surface area (TPSA) is 42.6 Å². The normalized spacial score (nSPS) is 29.7. The molecule has 3 atom stereocenters. The molecular weight excluding hydrogens is 343 g/mol. The number of hydrogen-bond acceptors (Lipinski definition) is 5. The smallest absolute Gasteiger partial charge is 0.306 e. The SMILES string of the molecule is C[C@H]1C[C@](c2ccc(C(F)(F)F)cc2)(N(C)C)C[C@@H](C2=CN(C)NN2)N1. The van der Waals surface area contributed by atoms with Gasteiger partial charge in [0.15, 0.2) is 0 Å². The number of hydrazine groups is 2. The van der Waals surface area contributed by atoms with Crippen molar-refractivity contribution in [3.8, 4) is 0 Å². The lowest BCUT2D eigenvalue weighted by Gasteiger charge is -2.49. The third kappa shape index (κ3) is 3.54. The highest BCUT2D eigenvalue weighted by Crippen LogP contribution is 2.41. The van der Waals surface area contributed by atoms with Gasteiger partial charge < -0.3 is 10.7 Å². The van der Waals surface area contributed by atoms with Crippen molar-refractivity contribution in [1.29, 1.82) is 0 Å². The van der Waals surface area contributed by atoms with Gasteiger partial charge in [0.1, 0.15) is 0 Å². The van der Waals surface area contributed by atoms with Crippen LogP contribution in [0.15, 0.2) is 36.2 Å². The summed E-state index contributed by atoms with van der Waals surface area (Å²) in [6, 6.07) is 5.90. The zero-order valence-electron chi connectivity index (χ0n) is 15.5. The largest absolute Gasteiger partial charge is 0.416 e. The molecule has 1 saturated heterocycles. The first-order valence-corrected chi connectivity index (χ1v) is 8.69. The van der Waals surface area contributed by atoms with Gasteiger partial charge in [0, 0.05) is 24.8 Å². The fourth-order valence-corrected chi connectivity index (χ4v) is 4.02. The maximum Gasteiger partial charge on any atom is 0.416 e. The highest BCUT2D eigenvalue weighted by molar-refractivity contribution is 5.32. The zero-order chi connectivity index (χ0) is 19.1. The van der Waals surface area contributed by atoms with E-state index in [2.05, 4.69) is 28.1 Å². The molecule has 5 nitrogen and oxygen atoms in total.